The lowest BCUT2D eigenvalue weighted by Crippen LogP contribution is -1.96. The number of rotatable bonds is 5. The van der Waals surface area contributed by atoms with Crippen molar-refractivity contribution in [1.29, 1.82) is 0 Å². The molecule has 6 aromatic carbocycles. The first-order chi connectivity index (χ1) is 21.7. The Bertz CT molecular complexity index is 2160. The molecule has 1 aromatic heterocycles. The van der Waals surface area contributed by atoms with Crippen LogP contribution < -0.4 is 0 Å². The maximum atomic E-state index is 3.65. The molecule has 0 N–H and O–H groups in total. The highest BCUT2D eigenvalue weighted by Crippen LogP contribution is 2.38. The van der Waals surface area contributed by atoms with Crippen molar-refractivity contribution in [3.8, 4) is 39.1 Å². The Morgan fingerprint density at radius 1 is 0.409 bits per heavy atom. The van der Waals surface area contributed by atoms with Crippen LogP contribution in [0.4, 0.5) is 0 Å². The first-order valence-corrected chi connectivity index (χ1v) is 16.0. The summed E-state index contributed by atoms with van der Waals surface area (Å²) in [6.07, 6.45) is 6.54. The summed E-state index contributed by atoms with van der Waals surface area (Å²) in [5.74, 6) is 0. The van der Waals surface area contributed by atoms with Crippen LogP contribution in [0, 0.1) is 0 Å². The summed E-state index contributed by atoms with van der Waals surface area (Å²) >= 11 is 3.65. The lowest BCUT2D eigenvalue weighted by Gasteiger charge is -2.14. The quantitative estimate of drug-likeness (QED) is 0.179. The van der Waals surface area contributed by atoms with Crippen molar-refractivity contribution in [2.75, 3.05) is 0 Å². The molecule has 2 heteroatoms. The van der Waals surface area contributed by atoms with E-state index in [0.29, 0.717) is 0 Å². The largest absolute Gasteiger partial charge is 0.309 e. The van der Waals surface area contributed by atoms with Crippen molar-refractivity contribution in [1.82, 2.24) is 4.57 Å². The Morgan fingerprint density at radius 3 is 1.70 bits per heavy atom. The molecule has 0 atom stereocenters. The molecule has 1 aliphatic carbocycles. The van der Waals surface area contributed by atoms with Gasteiger partial charge in [0.2, 0.25) is 0 Å². The van der Waals surface area contributed by atoms with Crippen LogP contribution in [-0.4, -0.2) is 4.57 Å². The van der Waals surface area contributed by atoms with E-state index < -0.39 is 0 Å². The number of fused-ring (bicyclic) bond motifs is 3. The van der Waals surface area contributed by atoms with Crippen LogP contribution in [0.25, 0.3) is 66.4 Å². The predicted octanol–water partition coefficient (Wildman–Crippen LogP) is 12.2. The van der Waals surface area contributed by atoms with E-state index in [9.17, 15) is 0 Å². The molecule has 0 spiro atoms. The van der Waals surface area contributed by atoms with E-state index in [4.69, 9.17) is 0 Å². The summed E-state index contributed by atoms with van der Waals surface area (Å²) in [5, 5.41) is 2.52. The topological polar surface area (TPSA) is 4.93 Å². The van der Waals surface area contributed by atoms with E-state index in [2.05, 4.69) is 178 Å². The lowest BCUT2D eigenvalue weighted by molar-refractivity contribution is 1.04. The summed E-state index contributed by atoms with van der Waals surface area (Å²) in [5.41, 5.74) is 13.6. The second-order valence-electron chi connectivity index (χ2n) is 11.5. The van der Waals surface area contributed by atoms with Crippen LogP contribution in [0.1, 0.15) is 18.4 Å². The summed E-state index contributed by atoms with van der Waals surface area (Å²) < 4.78 is 3.70. The molecule has 0 radical (unpaired) electrons. The van der Waals surface area contributed by atoms with E-state index in [1.54, 1.807) is 0 Å². The van der Waals surface area contributed by atoms with Gasteiger partial charge in [-0.3, -0.25) is 0 Å². The summed E-state index contributed by atoms with van der Waals surface area (Å²) in [4.78, 5) is 0. The Labute approximate surface area is 266 Å². The van der Waals surface area contributed by atoms with Crippen molar-refractivity contribution in [2.45, 2.75) is 12.8 Å². The molecule has 0 unspecified atom stereocenters. The third-order valence-electron chi connectivity index (χ3n) is 8.73. The van der Waals surface area contributed by atoms with Gasteiger partial charge in [-0.25, -0.2) is 0 Å². The lowest BCUT2D eigenvalue weighted by atomic mass is 9.94. The summed E-state index contributed by atoms with van der Waals surface area (Å²) in [6, 6.07) is 53.1. The SMILES string of the molecule is BrC1=CC=C(c2cccc(-c3ccc4c(c3)c3ccccc3n4-c3cc(-c4ccccc4)cc(-c4ccccc4)c3)c2)CC1. The second kappa shape index (κ2) is 11.3. The molecule has 44 heavy (non-hydrogen) atoms. The first-order valence-electron chi connectivity index (χ1n) is 15.2. The van der Waals surface area contributed by atoms with Gasteiger partial charge in [-0.2, -0.15) is 0 Å². The van der Waals surface area contributed by atoms with Gasteiger partial charge in [0.05, 0.1) is 11.0 Å². The van der Waals surface area contributed by atoms with Crippen molar-refractivity contribution in [3.63, 3.8) is 0 Å². The van der Waals surface area contributed by atoms with Gasteiger partial charge in [0.15, 0.2) is 0 Å². The molecule has 0 aliphatic heterocycles. The number of hydrogen-bond donors (Lipinski definition) is 0. The molecule has 8 rings (SSSR count). The van der Waals surface area contributed by atoms with E-state index in [1.165, 1.54) is 70.8 Å². The van der Waals surface area contributed by atoms with Gasteiger partial charge in [0.25, 0.3) is 0 Å². The van der Waals surface area contributed by atoms with Gasteiger partial charge in [-0.15, -0.1) is 0 Å². The van der Waals surface area contributed by atoms with Crippen LogP contribution in [0.3, 0.4) is 0 Å². The fourth-order valence-corrected chi connectivity index (χ4v) is 6.85. The molecule has 7 aromatic rings. The number of hydrogen-bond acceptors (Lipinski definition) is 0. The third-order valence-corrected chi connectivity index (χ3v) is 9.39. The molecule has 1 aliphatic rings. The predicted molar refractivity (Wildman–Crippen MR) is 191 cm³/mol. The molecular formula is C42H30BrN. The van der Waals surface area contributed by atoms with Gasteiger partial charge >= 0.3 is 0 Å². The van der Waals surface area contributed by atoms with Gasteiger partial charge < -0.3 is 4.57 Å². The third kappa shape index (κ3) is 4.92. The smallest absolute Gasteiger partial charge is 0.0541 e. The van der Waals surface area contributed by atoms with E-state index >= 15 is 0 Å². The minimum atomic E-state index is 1.05. The average molecular weight is 629 g/mol. The molecule has 1 heterocycles. The Morgan fingerprint density at radius 2 is 1.00 bits per heavy atom. The summed E-state index contributed by atoms with van der Waals surface area (Å²) in [7, 11) is 0. The minimum Gasteiger partial charge on any atom is -0.309 e. The monoisotopic (exact) mass is 627 g/mol. The number of nitrogens with zero attached hydrogens (tertiary/aromatic N) is 1. The molecule has 0 saturated carbocycles. The number of allylic oxidation sites excluding steroid dienone is 4. The first kappa shape index (κ1) is 26.7. The van der Waals surface area contributed by atoms with Crippen molar-refractivity contribution < 1.29 is 0 Å². The van der Waals surface area contributed by atoms with Gasteiger partial charge in [-0.05, 0) is 104 Å². The molecule has 0 fully saturated rings. The highest BCUT2D eigenvalue weighted by atomic mass is 79.9. The summed E-state index contributed by atoms with van der Waals surface area (Å²) in [6.45, 7) is 0. The fraction of sp³-hybridized carbons (Fsp3) is 0.0476. The highest BCUT2D eigenvalue weighted by molar-refractivity contribution is 9.11. The van der Waals surface area contributed by atoms with Crippen LogP contribution >= 0.6 is 15.9 Å². The number of para-hydroxylation sites is 1. The van der Waals surface area contributed by atoms with Crippen LogP contribution in [0.15, 0.2) is 162 Å². The fourth-order valence-electron chi connectivity index (χ4n) is 6.52. The van der Waals surface area contributed by atoms with Gasteiger partial charge in [0.1, 0.15) is 0 Å². The highest BCUT2D eigenvalue weighted by Gasteiger charge is 2.16. The maximum absolute atomic E-state index is 3.65. The zero-order valence-electron chi connectivity index (χ0n) is 24.3. The minimum absolute atomic E-state index is 1.05. The molecule has 1 nitrogen and oxygen atoms in total. The number of halogens is 1. The van der Waals surface area contributed by atoms with Crippen LogP contribution in [0.2, 0.25) is 0 Å². The Hall–Kier alpha value is -4.92. The normalized spacial score (nSPS) is 13.2. The zero-order valence-corrected chi connectivity index (χ0v) is 25.8. The van der Waals surface area contributed by atoms with Crippen LogP contribution in [-0.2, 0) is 0 Å². The van der Waals surface area contributed by atoms with E-state index in [0.717, 1.165) is 18.5 Å². The Balaban J connectivity index is 1.31. The van der Waals surface area contributed by atoms with E-state index in [-0.39, 0.29) is 0 Å². The molecule has 0 amide bonds. The number of aromatic nitrogens is 1. The number of benzene rings is 6. The van der Waals surface area contributed by atoms with Gasteiger partial charge in [-0.1, -0.05) is 131 Å². The maximum Gasteiger partial charge on any atom is 0.0541 e. The molecular weight excluding hydrogens is 598 g/mol. The van der Waals surface area contributed by atoms with Crippen molar-refractivity contribution in [2.24, 2.45) is 0 Å². The van der Waals surface area contributed by atoms with Crippen molar-refractivity contribution in [3.05, 3.63) is 168 Å². The van der Waals surface area contributed by atoms with E-state index in [1.807, 2.05) is 0 Å². The standard InChI is InChI=1S/C42H30BrN/c43-37-21-18-31(19-22-37)32-14-9-15-33(24-32)34-20-23-42-40(28-34)39-16-7-8-17-41(39)44(42)38-26-35(29-10-3-1-4-11-29)25-36(27-38)30-12-5-2-6-13-30/h1-18,20-21,23-28H,19,22H2. The molecule has 0 bridgehead atoms. The average Bonchev–Trinajstić information content (AvgIpc) is 3.43. The molecule has 210 valence electrons. The van der Waals surface area contributed by atoms with Gasteiger partial charge in [0, 0.05) is 16.5 Å². The second-order valence-corrected chi connectivity index (χ2v) is 12.5. The zero-order chi connectivity index (χ0) is 29.5. The van der Waals surface area contributed by atoms with Crippen LogP contribution in [0.5, 0.6) is 0 Å². The van der Waals surface area contributed by atoms with Crippen molar-refractivity contribution >= 4 is 43.3 Å². The molecule has 0 saturated heterocycles. The Kier molecular flexibility index (Phi) is 6.85.